The Morgan fingerprint density at radius 3 is 2.61 bits per heavy atom. The van der Waals surface area contributed by atoms with E-state index in [0.717, 1.165) is 5.69 Å². The van der Waals surface area contributed by atoms with Crippen LogP contribution in [0.1, 0.15) is 21.7 Å². The van der Waals surface area contributed by atoms with E-state index >= 15 is 0 Å². The van der Waals surface area contributed by atoms with Gasteiger partial charge in [-0.05, 0) is 30.3 Å². The minimum Gasteiger partial charge on any atom is -0.378 e. The summed E-state index contributed by atoms with van der Waals surface area (Å²) in [6.07, 6.45) is 0. The predicted octanol–water partition coefficient (Wildman–Crippen LogP) is 0.394. The Labute approximate surface area is 134 Å². The second-order valence-corrected chi connectivity index (χ2v) is 6.51. The average molecular weight is 338 g/mol. The topological polar surface area (TPSA) is 113 Å². The highest BCUT2D eigenvalue weighted by atomic mass is 32.2. The van der Waals surface area contributed by atoms with Gasteiger partial charge in [-0.3, -0.25) is 9.89 Å². The molecule has 0 atom stereocenters. The highest BCUT2D eigenvalue weighted by molar-refractivity contribution is 7.89. The molecule has 1 amide bonds. The number of rotatable bonds is 7. The number of hydrogen-bond donors (Lipinski definition) is 3. The Kier molecular flexibility index (Phi) is 5.48. The molecule has 23 heavy (non-hydrogen) atoms. The van der Waals surface area contributed by atoms with Gasteiger partial charge in [-0.1, -0.05) is 0 Å². The van der Waals surface area contributed by atoms with Crippen LogP contribution in [0.15, 0.2) is 35.2 Å². The van der Waals surface area contributed by atoms with Crippen molar-refractivity contribution in [3.05, 3.63) is 47.3 Å². The summed E-state index contributed by atoms with van der Waals surface area (Å²) in [6.45, 7) is 0.431. The number of nitrogens with one attached hydrogen (secondary N) is 3. The van der Waals surface area contributed by atoms with E-state index in [9.17, 15) is 13.2 Å². The molecule has 3 N–H and O–H groups in total. The van der Waals surface area contributed by atoms with E-state index in [1.54, 1.807) is 13.2 Å². The first-order chi connectivity index (χ1) is 11.0. The number of benzene rings is 1. The van der Waals surface area contributed by atoms with Crippen LogP contribution in [0.2, 0.25) is 0 Å². The lowest BCUT2D eigenvalue weighted by molar-refractivity contribution is 0.0963. The van der Waals surface area contributed by atoms with Crippen LogP contribution >= 0.6 is 0 Å². The van der Waals surface area contributed by atoms with Gasteiger partial charge in [0.25, 0.3) is 5.91 Å². The number of ether oxygens (including phenoxy) is 1. The van der Waals surface area contributed by atoms with Crippen molar-refractivity contribution in [2.45, 2.75) is 18.0 Å². The largest absolute Gasteiger partial charge is 0.378 e. The first-order valence-electron chi connectivity index (χ1n) is 6.80. The van der Waals surface area contributed by atoms with Gasteiger partial charge in [-0.2, -0.15) is 5.10 Å². The molecule has 2 rings (SSSR count). The van der Waals surface area contributed by atoms with Crippen molar-refractivity contribution in [3.63, 3.8) is 0 Å². The van der Waals surface area contributed by atoms with E-state index in [-0.39, 0.29) is 17.3 Å². The lowest BCUT2D eigenvalue weighted by Gasteiger charge is -2.06. The van der Waals surface area contributed by atoms with Gasteiger partial charge in [-0.25, -0.2) is 13.1 Å². The maximum atomic E-state index is 12.2. The zero-order valence-corrected chi connectivity index (χ0v) is 13.6. The first kappa shape index (κ1) is 17.1. The zero-order chi connectivity index (χ0) is 16.9. The number of aromatic amines is 1. The van der Waals surface area contributed by atoms with Gasteiger partial charge in [-0.15, -0.1) is 0 Å². The van der Waals surface area contributed by atoms with Gasteiger partial charge < -0.3 is 10.1 Å². The van der Waals surface area contributed by atoms with Gasteiger partial charge in [0.1, 0.15) is 0 Å². The molecule has 0 saturated carbocycles. The number of hydrogen-bond acceptors (Lipinski definition) is 5. The first-order valence-corrected chi connectivity index (χ1v) is 8.28. The molecule has 2 aromatic rings. The van der Waals surface area contributed by atoms with Crippen molar-refractivity contribution in [2.75, 3.05) is 14.2 Å². The smallest absolute Gasteiger partial charge is 0.251 e. The second kappa shape index (κ2) is 7.36. The molecule has 0 spiro atoms. The summed E-state index contributed by atoms with van der Waals surface area (Å²) in [5.74, 6) is -0.274. The summed E-state index contributed by atoms with van der Waals surface area (Å²) in [5, 5.41) is 9.22. The molecule has 0 aliphatic rings. The fourth-order valence-electron chi connectivity index (χ4n) is 1.91. The monoisotopic (exact) mass is 338 g/mol. The molecule has 0 aliphatic heterocycles. The fraction of sp³-hybridized carbons (Fsp3) is 0.286. The van der Waals surface area contributed by atoms with Crippen LogP contribution in [0.5, 0.6) is 0 Å². The van der Waals surface area contributed by atoms with Gasteiger partial charge in [0.15, 0.2) is 0 Å². The summed E-state index contributed by atoms with van der Waals surface area (Å²) in [4.78, 5) is 11.5. The fourth-order valence-corrected chi connectivity index (χ4v) is 2.91. The minimum atomic E-state index is -3.68. The number of sulfonamides is 1. The van der Waals surface area contributed by atoms with Crippen molar-refractivity contribution < 1.29 is 17.9 Å². The second-order valence-electron chi connectivity index (χ2n) is 4.75. The summed E-state index contributed by atoms with van der Waals surface area (Å²) in [7, 11) is -0.606. The Balaban J connectivity index is 2.04. The third-order valence-corrected chi connectivity index (χ3v) is 4.50. The standard InChI is InChI=1S/C14H18N4O4S/c1-15-14(19)10-3-5-13(6-4-10)23(20,21)16-8-11-7-12(9-22-2)18-17-11/h3-7,16H,8-9H2,1-2H3,(H,15,19)(H,17,18). The summed E-state index contributed by atoms with van der Waals surface area (Å²) < 4.78 is 31.8. The normalized spacial score (nSPS) is 11.4. The van der Waals surface area contributed by atoms with Crippen LogP contribution in [0.3, 0.4) is 0 Å². The molecular formula is C14H18N4O4S. The maximum Gasteiger partial charge on any atom is 0.251 e. The molecule has 1 aromatic heterocycles. The summed E-state index contributed by atoms with van der Waals surface area (Å²) in [5.41, 5.74) is 1.71. The molecule has 0 fully saturated rings. The number of methoxy groups -OCH3 is 1. The van der Waals surface area contributed by atoms with Gasteiger partial charge >= 0.3 is 0 Å². The SMILES string of the molecule is CNC(=O)c1ccc(S(=O)(=O)NCc2cc(COC)[nH]n2)cc1. The summed E-state index contributed by atoms with van der Waals surface area (Å²) in [6, 6.07) is 7.40. The van der Waals surface area contributed by atoms with E-state index < -0.39 is 10.0 Å². The summed E-state index contributed by atoms with van der Waals surface area (Å²) >= 11 is 0. The van der Waals surface area contributed by atoms with Crippen LogP contribution in [0.4, 0.5) is 0 Å². The third kappa shape index (κ3) is 4.38. The number of carbonyl (C=O) groups excluding carboxylic acids is 1. The molecule has 0 bridgehead atoms. The number of aromatic nitrogens is 2. The molecule has 0 unspecified atom stereocenters. The average Bonchev–Trinajstić information content (AvgIpc) is 3.00. The van der Waals surface area contributed by atoms with E-state index in [0.29, 0.717) is 17.9 Å². The lowest BCUT2D eigenvalue weighted by Crippen LogP contribution is -2.24. The van der Waals surface area contributed by atoms with Crippen molar-refractivity contribution in [1.82, 2.24) is 20.2 Å². The number of amides is 1. The third-order valence-electron chi connectivity index (χ3n) is 3.08. The molecule has 0 aliphatic carbocycles. The molecule has 1 aromatic carbocycles. The van der Waals surface area contributed by atoms with Crippen molar-refractivity contribution in [3.8, 4) is 0 Å². The zero-order valence-electron chi connectivity index (χ0n) is 12.8. The number of nitrogens with zero attached hydrogens (tertiary/aromatic N) is 1. The van der Waals surface area contributed by atoms with E-state index in [4.69, 9.17) is 4.74 Å². The van der Waals surface area contributed by atoms with Crippen molar-refractivity contribution in [1.29, 1.82) is 0 Å². The molecule has 9 heteroatoms. The van der Waals surface area contributed by atoms with Gasteiger partial charge in [0.05, 0.1) is 29.4 Å². The highest BCUT2D eigenvalue weighted by Crippen LogP contribution is 2.11. The predicted molar refractivity (Wildman–Crippen MR) is 83.2 cm³/mol. The van der Waals surface area contributed by atoms with Crippen LogP contribution in [-0.4, -0.2) is 38.7 Å². The Morgan fingerprint density at radius 2 is 2.00 bits per heavy atom. The van der Waals surface area contributed by atoms with Gasteiger partial charge in [0, 0.05) is 19.7 Å². The van der Waals surface area contributed by atoms with Crippen molar-refractivity contribution in [2.24, 2.45) is 0 Å². The molecular weight excluding hydrogens is 320 g/mol. The maximum absolute atomic E-state index is 12.2. The van der Waals surface area contributed by atoms with E-state index in [1.165, 1.54) is 31.3 Å². The van der Waals surface area contributed by atoms with E-state index in [2.05, 4.69) is 20.2 Å². The Morgan fingerprint density at radius 1 is 1.30 bits per heavy atom. The molecule has 1 heterocycles. The highest BCUT2D eigenvalue weighted by Gasteiger charge is 2.15. The molecule has 0 saturated heterocycles. The number of carbonyl (C=O) groups is 1. The Hall–Kier alpha value is -2.23. The molecule has 0 radical (unpaired) electrons. The quantitative estimate of drug-likeness (QED) is 0.676. The van der Waals surface area contributed by atoms with Crippen LogP contribution in [0.25, 0.3) is 0 Å². The number of H-pyrrole nitrogens is 1. The van der Waals surface area contributed by atoms with Crippen molar-refractivity contribution >= 4 is 15.9 Å². The van der Waals surface area contributed by atoms with Crippen LogP contribution in [0, 0.1) is 0 Å². The molecule has 124 valence electrons. The van der Waals surface area contributed by atoms with Gasteiger partial charge in [0.2, 0.25) is 10.0 Å². The minimum absolute atomic E-state index is 0.0553. The Bertz CT molecular complexity index is 768. The van der Waals surface area contributed by atoms with E-state index in [1.807, 2.05) is 0 Å². The van der Waals surface area contributed by atoms with Crippen LogP contribution in [-0.2, 0) is 27.9 Å². The lowest BCUT2D eigenvalue weighted by atomic mass is 10.2. The molecule has 8 nitrogen and oxygen atoms in total. The van der Waals surface area contributed by atoms with Crippen LogP contribution < -0.4 is 10.0 Å².